The Hall–Kier alpha value is -4.84. The van der Waals surface area contributed by atoms with Crippen LogP contribution in [0.3, 0.4) is 0 Å². The first-order chi connectivity index (χ1) is 19.6. The molecule has 4 rings (SSSR count). The summed E-state index contributed by atoms with van der Waals surface area (Å²) in [6.07, 6.45) is 2.49. The van der Waals surface area contributed by atoms with Gasteiger partial charge >= 0.3 is 5.97 Å². The number of ether oxygens (including phenoxy) is 4. The maximum atomic E-state index is 11.8. The summed E-state index contributed by atoms with van der Waals surface area (Å²) in [5.74, 6) is 1.29. The SMILES string of the molecule is CCOC(=O)C(=Cc1ccc(OCc2ccccc2)cc1)OCC.O=Cc1ccc(OCc2ccccc2)cc1. The molecule has 0 aromatic heterocycles. The summed E-state index contributed by atoms with van der Waals surface area (Å²) in [6, 6.07) is 34.5. The Balaban J connectivity index is 0.000000238. The highest BCUT2D eigenvalue weighted by atomic mass is 16.6. The van der Waals surface area contributed by atoms with Gasteiger partial charge in [0.15, 0.2) is 0 Å². The third kappa shape index (κ3) is 10.5. The van der Waals surface area contributed by atoms with Crippen molar-refractivity contribution in [3.63, 3.8) is 0 Å². The van der Waals surface area contributed by atoms with Gasteiger partial charge in [0.2, 0.25) is 5.76 Å². The van der Waals surface area contributed by atoms with Gasteiger partial charge in [-0.25, -0.2) is 4.79 Å². The third-order valence-corrected chi connectivity index (χ3v) is 5.47. The fourth-order valence-corrected chi connectivity index (χ4v) is 3.45. The maximum absolute atomic E-state index is 11.8. The van der Waals surface area contributed by atoms with E-state index in [0.717, 1.165) is 34.5 Å². The van der Waals surface area contributed by atoms with Crippen LogP contribution >= 0.6 is 0 Å². The standard InChI is InChI=1S/C20H22O4.C14H12O2/c1-3-22-19(20(21)23-4-2)14-16-10-12-18(13-11-16)24-15-17-8-6-5-7-9-17;15-10-12-6-8-14(9-7-12)16-11-13-4-2-1-3-5-13/h5-14H,3-4,15H2,1-2H3;1-10H,11H2. The summed E-state index contributed by atoms with van der Waals surface area (Å²) in [6.45, 7) is 5.37. The lowest BCUT2D eigenvalue weighted by Gasteiger charge is -2.09. The Labute approximate surface area is 235 Å². The molecule has 6 heteroatoms. The summed E-state index contributed by atoms with van der Waals surface area (Å²) in [5, 5.41) is 0. The molecular formula is C34H34O6. The average molecular weight is 539 g/mol. The van der Waals surface area contributed by atoms with Crippen molar-refractivity contribution in [2.24, 2.45) is 0 Å². The molecule has 0 amide bonds. The van der Waals surface area contributed by atoms with E-state index >= 15 is 0 Å². The van der Waals surface area contributed by atoms with Crippen molar-refractivity contribution in [1.82, 2.24) is 0 Å². The van der Waals surface area contributed by atoms with Gasteiger partial charge in [0.25, 0.3) is 0 Å². The van der Waals surface area contributed by atoms with Crippen molar-refractivity contribution in [3.05, 3.63) is 137 Å². The molecule has 0 unspecified atom stereocenters. The predicted octanol–water partition coefficient (Wildman–Crippen LogP) is 7.28. The van der Waals surface area contributed by atoms with E-state index in [0.29, 0.717) is 32.0 Å². The predicted molar refractivity (Wildman–Crippen MR) is 156 cm³/mol. The van der Waals surface area contributed by atoms with Gasteiger partial charge in [-0.2, -0.15) is 0 Å². The van der Waals surface area contributed by atoms with E-state index in [2.05, 4.69) is 0 Å². The lowest BCUT2D eigenvalue weighted by Crippen LogP contribution is -2.10. The third-order valence-electron chi connectivity index (χ3n) is 5.47. The Morgan fingerprint density at radius 2 is 1.05 bits per heavy atom. The smallest absolute Gasteiger partial charge is 0.373 e. The maximum Gasteiger partial charge on any atom is 0.373 e. The van der Waals surface area contributed by atoms with Crippen LogP contribution in [0, 0.1) is 0 Å². The van der Waals surface area contributed by atoms with Gasteiger partial charge in [0.05, 0.1) is 13.2 Å². The Morgan fingerprint density at radius 1 is 0.600 bits per heavy atom. The normalized spacial score (nSPS) is 10.5. The van der Waals surface area contributed by atoms with Crippen LogP contribution < -0.4 is 9.47 Å². The van der Waals surface area contributed by atoms with E-state index in [-0.39, 0.29) is 5.76 Å². The second-order valence-electron chi connectivity index (χ2n) is 8.47. The highest BCUT2D eigenvalue weighted by Crippen LogP contribution is 2.17. The van der Waals surface area contributed by atoms with E-state index < -0.39 is 5.97 Å². The number of hydrogen-bond donors (Lipinski definition) is 0. The molecule has 40 heavy (non-hydrogen) atoms. The summed E-state index contributed by atoms with van der Waals surface area (Å²) in [7, 11) is 0. The fourth-order valence-electron chi connectivity index (χ4n) is 3.45. The average Bonchev–Trinajstić information content (AvgIpc) is 3.01. The first kappa shape index (κ1) is 29.7. The van der Waals surface area contributed by atoms with Gasteiger partial charge in [0, 0.05) is 5.56 Å². The summed E-state index contributed by atoms with van der Waals surface area (Å²) < 4.78 is 21.7. The molecule has 4 aromatic carbocycles. The van der Waals surface area contributed by atoms with E-state index in [1.54, 1.807) is 37.3 Å². The molecule has 0 N–H and O–H groups in total. The van der Waals surface area contributed by atoms with Crippen molar-refractivity contribution in [2.45, 2.75) is 27.1 Å². The molecule has 0 spiro atoms. The summed E-state index contributed by atoms with van der Waals surface area (Å²) in [5.41, 5.74) is 3.75. The molecule has 4 aromatic rings. The molecule has 0 aliphatic carbocycles. The largest absolute Gasteiger partial charge is 0.489 e. The van der Waals surface area contributed by atoms with Crippen LogP contribution in [0.4, 0.5) is 0 Å². The zero-order valence-electron chi connectivity index (χ0n) is 22.8. The Bertz CT molecular complexity index is 1310. The van der Waals surface area contributed by atoms with Crippen molar-refractivity contribution >= 4 is 18.3 Å². The second-order valence-corrected chi connectivity index (χ2v) is 8.47. The second kappa shape index (κ2) is 16.9. The Kier molecular flexibility index (Phi) is 12.5. The number of rotatable bonds is 12. The van der Waals surface area contributed by atoms with Crippen LogP contribution in [0.1, 0.15) is 40.9 Å². The number of carbonyl (C=O) groups excluding carboxylic acids is 2. The molecule has 0 saturated carbocycles. The first-order valence-electron chi connectivity index (χ1n) is 13.1. The van der Waals surface area contributed by atoms with Gasteiger partial charge in [-0.05, 0) is 73.0 Å². The molecule has 6 nitrogen and oxygen atoms in total. The fraction of sp³-hybridized carbons (Fsp3) is 0.176. The Morgan fingerprint density at radius 3 is 1.48 bits per heavy atom. The monoisotopic (exact) mass is 538 g/mol. The number of aldehydes is 1. The molecule has 0 atom stereocenters. The van der Waals surface area contributed by atoms with Gasteiger partial charge in [-0.15, -0.1) is 0 Å². The molecule has 0 bridgehead atoms. The van der Waals surface area contributed by atoms with Crippen LogP contribution in [0.5, 0.6) is 11.5 Å². The molecular weight excluding hydrogens is 504 g/mol. The zero-order valence-corrected chi connectivity index (χ0v) is 22.8. The molecule has 0 aliphatic heterocycles. The van der Waals surface area contributed by atoms with Crippen molar-refractivity contribution < 1.29 is 28.5 Å². The van der Waals surface area contributed by atoms with E-state index in [1.165, 1.54) is 0 Å². The highest BCUT2D eigenvalue weighted by molar-refractivity contribution is 5.91. The van der Waals surface area contributed by atoms with Crippen LogP contribution in [-0.2, 0) is 27.5 Å². The topological polar surface area (TPSA) is 71.1 Å². The summed E-state index contributed by atoms with van der Waals surface area (Å²) >= 11 is 0. The van der Waals surface area contributed by atoms with Gasteiger partial charge in [-0.3, -0.25) is 4.79 Å². The number of carbonyl (C=O) groups is 2. The lowest BCUT2D eigenvalue weighted by atomic mass is 10.2. The molecule has 0 aliphatic rings. The van der Waals surface area contributed by atoms with Crippen LogP contribution in [0.2, 0.25) is 0 Å². The van der Waals surface area contributed by atoms with Crippen molar-refractivity contribution in [3.8, 4) is 11.5 Å². The number of esters is 1. The molecule has 0 heterocycles. The summed E-state index contributed by atoms with van der Waals surface area (Å²) in [4.78, 5) is 22.3. The van der Waals surface area contributed by atoms with Crippen LogP contribution in [0.15, 0.2) is 115 Å². The minimum atomic E-state index is -0.455. The van der Waals surface area contributed by atoms with E-state index in [1.807, 2.05) is 91.9 Å². The number of benzene rings is 4. The quantitative estimate of drug-likeness (QED) is 0.0817. The number of hydrogen-bond acceptors (Lipinski definition) is 6. The first-order valence-corrected chi connectivity index (χ1v) is 13.1. The van der Waals surface area contributed by atoms with Crippen LogP contribution in [-0.4, -0.2) is 25.5 Å². The minimum absolute atomic E-state index is 0.206. The van der Waals surface area contributed by atoms with Crippen molar-refractivity contribution in [2.75, 3.05) is 13.2 Å². The van der Waals surface area contributed by atoms with Gasteiger partial charge < -0.3 is 18.9 Å². The highest BCUT2D eigenvalue weighted by Gasteiger charge is 2.11. The van der Waals surface area contributed by atoms with Crippen molar-refractivity contribution in [1.29, 1.82) is 0 Å². The van der Waals surface area contributed by atoms with Gasteiger partial charge in [0.1, 0.15) is 31.0 Å². The lowest BCUT2D eigenvalue weighted by molar-refractivity contribution is -0.142. The zero-order chi connectivity index (χ0) is 28.4. The van der Waals surface area contributed by atoms with E-state index in [9.17, 15) is 9.59 Å². The molecule has 0 saturated heterocycles. The minimum Gasteiger partial charge on any atom is -0.489 e. The molecule has 0 radical (unpaired) electrons. The van der Waals surface area contributed by atoms with E-state index in [4.69, 9.17) is 18.9 Å². The van der Waals surface area contributed by atoms with Crippen LogP contribution in [0.25, 0.3) is 6.08 Å². The molecule has 206 valence electrons. The molecule has 0 fully saturated rings. The van der Waals surface area contributed by atoms with Gasteiger partial charge in [-0.1, -0.05) is 72.8 Å².